The molecule has 0 saturated heterocycles. The number of hydrogen-bond acceptors (Lipinski definition) is 1. The summed E-state index contributed by atoms with van der Waals surface area (Å²) in [5.74, 6) is 0. The predicted molar refractivity (Wildman–Crippen MR) is 60.2 cm³/mol. The summed E-state index contributed by atoms with van der Waals surface area (Å²) in [6.07, 6.45) is 1.99. The molecule has 15 heavy (non-hydrogen) atoms. The lowest BCUT2D eigenvalue weighted by molar-refractivity contribution is -0.00000657. The van der Waals surface area contributed by atoms with E-state index in [4.69, 9.17) is 0 Å². The molecule has 0 aromatic heterocycles. The average molecular weight is 247 g/mol. The molecule has 0 bridgehead atoms. The van der Waals surface area contributed by atoms with Crippen molar-refractivity contribution in [3.8, 4) is 0 Å². The van der Waals surface area contributed by atoms with E-state index in [-0.39, 0.29) is 29.5 Å². The minimum Gasteiger partial charge on any atom is -1.00 e. The molecule has 5 heteroatoms. The first kappa shape index (κ1) is 14.1. The number of carbonyl (C=O) groups is 1. The lowest BCUT2D eigenvalue weighted by atomic mass is 10.4. The Kier molecular flexibility index (Phi) is 6.99. The molecule has 0 heterocycles. The van der Waals surface area contributed by atoms with Crippen LogP contribution in [-0.4, -0.2) is 18.8 Å². The minimum atomic E-state index is -0.227. The Hall–Kier alpha value is -0.870. The third kappa shape index (κ3) is 4.95. The van der Waals surface area contributed by atoms with Crippen LogP contribution in [0.4, 0.5) is 4.79 Å². The molecule has 0 radical (unpaired) electrons. The average Bonchev–Trinajstić information content (AvgIpc) is 2.19. The van der Waals surface area contributed by atoms with Crippen LogP contribution < -0.4 is 22.4 Å². The summed E-state index contributed by atoms with van der Waals surface area (Å²) in [6, 6.07) is 9.82. The van der Waals surface area contributed by atoms with Gasteiger partial charge in [-0.3, -0.25) is 0 Å². The van der Waals surface area contributed by atoms with Crippen molar-refractivity contribution in [1.82, 2.24) is 10.0 Å². The van der Waals surface area contributed by atoms with Gasteiger partial charge in [-0.15, -0.1) is 4.72 Å². The molecule has 1 aromatic rings. The molecule has 1 unspecified atom stereocenters. The number of nitrogens with one attached hydrogen (secondary N) is 2. The Balaban J connectivity index is 0.00000196. The molecule has 0 fully saturated rings. The summed E-state index contributed by atoms with van der Waals surface area (Å²) in [6.45, 7) is 2.55. The van der Waals surface area contributed by atoms with Gasteiger partial charge in [0.2, 0.25) is 0 Å². The molecule has 0 saturated carbocycles. The van der Waals surface area contributed by atoms with Gasteiger partial charge in [-0.2, -0.15) is 0 Å². The Morgan fingerprint density at radius 2 is 1.93 bits per heavy atom. The highest BCUT2D eigenvalue weighted by atomic mass is 35.5. The van der Waals surface area contributed by atoms with E-state index in [9.17, 15) is 4.79 Å². The van der Waals surface area contributed by atoms with Crippen LogP contribution in [0.25, 0.3) is 0 Å². The SMILES string of the molecule is CCNC(=O)N[S+](C)c1ccccc1.[Cl-]. The van der Waals surface area contributed by atoms with Crippen molar-refractivity contribution < 1.29 is 17.2 Å². The first-order valence-corrected chi connectivity index (χ1v) is 6.12. The quantitative estimate of drug-likeness (QED) is 0.629. The number of amides is 2. The van der Waals surface area contributed by atoms with E-state index in [1.165, 1.54) is 0 Å². The summed E-state index contributed by atoms with van der Waals surface area (Å²) in [7, 11) is 0. The number of benzene rings is 1. The molecule has 1 rings (SSSR count). The van der Waals surface area contributed by atoms with E-state index < -0.39 is 0 Å². The van der Waals surface area contributed by atoms with Gasteiger partial charge in [0, 0.05) is 6.54 Å². The molecular weight excluding hydrogens is 232 g/mol. The largest absolute Gasteiger partial charge is 1.00 e. The van der Waals surface area contributed by atoms with Crippen molar-refractivity contribution in [2.75, 3.05) is 12.8 Å². The monoisotopic (exact) mass is 246 g/mol. The van der Waals surface area contributed by atoms with Crippen molar-refractivity contribution in [2.45, 2.75) is 11.8 Å². The summed E-state index contributed by atoms with van der Waals surface area (Å²) in [5.41, 5.74) is 0. The summed E-state index contributed by atoms with van der Waals surface area (Å²) < 4.78 is 2.87. The van der Waals surface area contributed by atoms with Crippen LogP contribution in [0.3, 0.4) is 0 Å². The highest BCUT2D eigenvalue weighted by Crippen LogP contribution is 2.06. The second kappa shape index (κ2) is 7.43. The van der Waals surface area contributed by atoms with Gasteiger partial charge >= 0.3 is 6.03 Å². The third-order valence-corrected chi connectivity index (χ3v) is 3.15. The van der Waals surface area contributed by atoms with Gasteiger partial charge in [-0.25, -0.2) is 4.79 Å². The topological polar surface area (TPSA) is 41.1 Å². The summed E-state index contributed by atoms with van der Waals surface area (Å²) in [5, 5.41) is 2.70. The van der Waals surface area contributed by atoms with E-state index in [0.717, 1.165) is 4.90 Å². The second-order valence-electron chi connectivity index (χ2n) is 2.78. The van der Waals surface area contributed by atoms with E-state index >= 15 is 0 Å². The zero-order valence-electron chi connectivity index (χ0n) is 8.79. The second-order valence-corrected chi connectivity index (χ2v) is 4.48. The zero-order chi connectivity index (χ0) is 10.4. The lowest BCUT2D eigenvalue weighted by Crippen LogP contribution is -3.00. The van der Waals surface area contributed by atoms with Crippen LogP contribution in [-0.2, 0) is 11.1 Å². The van der Waals surface area contributed by atoms with Gasteiger partial charge in [0.1, 0.15) is 17.3 Å². The van der Waals surface area contributed by atoms with Crippen molar-refractivity contribution in [3.05, 3.63) is 30.3 Å². The van der Waals surface area contributed by atoms with Crippen LogP contribution >= 0.6 is 0 Å². The third-order valence-electron chi connectivity index (χ3n) is 1.68. The molecule has 2 N–H and O–H groups in total. The van der Waals surface area contributed by atoms with Crippen molar-refractivity contribution >= 4 is 17.1 Å². The maximum absolute atomic E-state index is 11.2. The van der Waals surface area contributed by atoms with Crippen molar-refractivity contribution in [3.63, 3.8) is 0 Å². The standard InChI is InChI=1S/C10H14N2OS.ClH/c1-3-11-10(13)12-14(2)9-7-5-4-6-8-9;/h4-8H,3H2,1-2H3,(H-,11,12,13);1H. The molecule has 1 atom stereocenters. The van der Waals surface area contributed by atoms with Gasteiger partial charge in [0.25, 0.3) is 0 Å². The summed E-state index contributed by atoms with van der Waals surface area (Å²) >= 11 is -0.227. The molecule has 1 aromatic carbocycles. The van der Waals surface area contributed by atoms with E-state index in [2.05, 4.69) is 10.0 Å². The number of hydrogen-bond donors (Lipinski definition) is 2. The van der Waals surface area contributed by atoms with Gasteiger partial charge in [0.15, 0.2) is 4.90 Å². The molecule has 3 nitrogen and oxygen atoms in total. The van der Waals surface area contributed by atoms with Crippen LogP contribution in [0.15, 0.2) is 35.2 Å². The highest BCUT2D eigenvalue weighted by Gasteiger charge is 2.17. The fraction of sp³-hybridized carbons (Fsp3) is 0.300. The lowest BCUT2D eigenvalue weighted by Gasteiger charge is -2.04. The number of rotatable bonds is 3. The number of urea groups is 1. The van der Waals surface area contributed by atoms with Gasteiger partial charge in [0.05, 0.1) is 0 Å². The Morgan fingerprint density at radius 1 is 1.33 bits per heavy atom. The molecule has 0 spiro atoms. The van der Waals surface area contributed by atoms with Crippen molar-refractivity contribution in [1.29, 1.82) is 0 Å². The molecule has 0 aliphatic heterocycles. The fourth-order valence-electron chi connectivity index (χ4n) is 1.02. The smallest absolute Gasteiger partial charge is 0.356 e. The Morgan fingerprint density at radius 3 is 2.47 bits per heavy atom. The fourth-order valence-corrected chi connectivity index (χ4v) is 2.05. The van der Waals surface area contributed by atoms with Crippen LogP contribution in [0.2, 0.25) is 0 Å². The zero-order valence-corrected chi connectivity index (χ0v) is 10.4. The first-order chi connectivity index (χ1) is 6.74. The first-order valence-electron chi connectivity index (χ1n) is 4.49. The normalized spacial score (nSPS) is 11.1. The number of carbonyl (C=O) groups excluding carboxylic acids is 1. The van der Waals surface area contributed by atoms with E-state index in [0.29, 0.717) is 6.54 Å². The molecular formula is C10H15ClN2OS. The van der Waals surface area contributed by atoms with Gasteiger partial charge in [-0.1, -0.05) is 18.2 Å². The molecule has 2 amide bonds. The molecule has 0 aliphatic rings. The van der Waals surface area contributed by atoms with E-state index in [1.54, 1.807) is 0 Å². The van der Waals surface area contributed by atoms with Crippen LogP contribution in [0.5, 0.6) is 0 Å². The van der Waals surface area contributed by atoms with Gasteiger partial charge < -0.3 is 17.7 Å². The Labute approximate surface area is 99.5 Å². The Bertz CT molecular complexity index is 295. The van der Waals surface area contributed by atoms with Crippen molar-refractivity contribution in [2.24, 2.45) is 0 Å². The summed E-state index contributed by atoms with van der Waals surface area (Å²) in [4.78, 5) is 12.3. The van der Waals surface area contributed by atoms with E-state index in [1.807, 2.05) is 43.5 Å². The predicted octanol–water partition coefficient (Wildman–Crippen LogP) is -1.47. The number of halogens is 1. The van der Waals surface area contributed by atoms with Gasteiger partial charge in [-0.05, 0) is 19.1 Å². The maximum Gasteiger partial charge on any atom is 0.356 e. The maximum atomic E-state index is 11.2. The van der Waals surface area contributed by atoms with Crippen LogP contribution in [0.1, 0.15) is 6.92 Å². The molecule has 0 aliphatic carbocycles. The highest BCUT2D eigenvalue weighted by molar-refractivity contribution is 7.94. The minimum absolute atomic E-state index is 0. The van der Waals surface area contributed by atoms with Crippen LogP contribution in [0, 0.1) is 0 Å². The molecule has 84 valence electrons.